The highest BCUT2D eigenvalue weighted by molar-refractivity contribution is 6.12. The molecule has 2 aromatic carbocycles. The van der Waals surface area contributed by atoms with E-state index in [2.05, 4.69) is 10.3 Å². The number of cyclic esters (lactones) is 1. The van der Waals surface area contributed by atoms with Gasteiger partial charge >= 0.3 is 6.09 Å². The number of fused-ring (bicyclic) bond motifs is 1. The van der Waals surface area contributed by atoms with Crippen LogP contribution in [0.2, 0.25) is 0 Å². The lowest BCUT2D eigenvalue weighted by atomic mass is 10.1. The number of rotatable bonds is 3. The van der Waals surface area contributed by atoms with Crippen LogP contribution in [-0.2, 0) is 4.74 Å². The van der Waals surface area contributed by atoms with Crippen molar-refractivity contribution >= 4 is 34.3 Å². The number of carbonyl (C=O) groups excluding carboxylic acids is 2. The van der Waals surface area contributed by atoms with Gasteiger partial charge in [-0.25, -0.2) is 4.79 Å². The van der Waals surface area contributed by atoms with Gasteiger partial charge in [-0.2, -0.15) is 0 Å². The zero-order valence-electron chi connectivity index (χ0n) is 13.7. The van der Waals surface area contributed by atoms with Gasteiger partial charge in [0.1, 0.15) is 6.61 Å². The van der Waals surface area contributed by atoms with Crippen LogP contribution < -0.4 is 15.8 Å². The number of aromatic amines is 1. The van der Waals surface area contributed by atoms with E-state index in [4.69, 9.17) is 4.74 Å². The van der Waals surface area contributed by atoms with Crippen molar-refractivity contribution in [3.8, 4) is 0 Å². The lowest BCUT2D eigenvalue weighted by Crippen LogP contribution is -2.23. The average molecular weight is 349 g/mol. The predicted octanol–water partition coefficient (Wildman–Crippen LogP) is 2.74. The molecule has 2 heterocycles. The normalized spacial score (nSPS) is 13.7. The number of carbonyl (C=O) groups is 2. The maximum atomic E-state index is 12.6. The van der Waals surface area contributed by atoms with Crippen molar-refractivity contribution in [2.24, 2.45) is 0 Å². The van der Waals surface area contributed by atoms with Crippen LogP contribution in [-0.4, -0.2) is 30.1 Å². The number of hydrogen-bond acceptors (Lipinski definition) is 4. The van der Waals surface area contributed by atoms with E-state index in [1.54, 1.807) is 48.5 Å². The molecule has 4 rings (SSSR count). The van der Waals surface area contributed by atoms with Crippen molar-refractivity contribution in [3.63, 3.8) is 0 Å². The molecule has 26 heavy (non-hydrogen) atoms. The third-order valence-electron chi connectivity index (χ3n) is 4.19. The van der Waals surface area contributed by atoms with Gasteiger partial charge in [-0.1, -0.05) is 18.2 Å². The van der Waals surface area contributed by atoms with E-state index in [0.717, 1.165) is 0 Å². The maximum absolute atomic E-state index is 12.6. The van der Waals surface area contributed by atoms with Gasteiger partial charge in [0.05, 0.1) is 12.1 Å². The third-order valence-corrected chi connectivity index (χ3v) is 4.19. The van der Waals surface area contributed by atoms with Gasteiger partial charge in [0.15, 0.2) is 0 Å². The highest BCUT2D eigenvalue weighted by Gasteiger charge is 2.23. The van der Waals surface area contributed by atoms with Crippen LogP contribution in [0.1, 0.15) is 10.4 Å². The molecule has 2 N–H and O–H groups in total. The number of benzene rings is 2. The van der Waals surface area contributed by atoms with Crippen molar-refractivity contribution in [3.05, 3.63) is 70.5 Å². The molecule has 0 radical (unpaired) electrons. The Morgan fingerprint density at radius 1 is 1.08 bits per heavy atom. The molecule has 3 aromatic rings. The minimum atomic E-state index is -0.378. The highest BCUT2D eigenvalue weighted by Crippen LogP contribution is 2.22. The van der Waals surface area contributed by atoms with Gasteiger partial charge in [-0.05, 0) is 30.3 Å². The summed E-state index contributed by atoms with van der Waals surface area (Å²) in [6.45, 7) is 0.871. The summed E-state index contributed by atoms with van der Waals surface area (Å²) in [5.41, 5.74) is 1.84. The predicted molar refractivity (Wildman–Crippen MR) is 97.7 cm³/mol. The van der Waals surface area contributed by atoms with E-state index in [0.29, 0.717) is 41.0 Å². The number of hydrogen-bond donors (Lipinski definition) is 2. The van der Waals surface area contributed by atoms with Gasteiger partial charge in [0.2, 0.25) is 5.56 Å². The summed E-state index contributed by atoms with van der Waals surface area (Å²) in [4.78, 5) is 40.2. The van der Waals surface area contributed by atoms with Crippen LogP contribution in [0.15, 0.2) is 59.4 Å². The topological polar surface area (TPSA) is 91.5 Å². The third kappa shape index (κ3) is 2.90. The standard InChI is InChI=1S/C19H15N3O4/c23-17-11-15(14-3-1-2-4-16(14)21-17)18(24)20-12-5-7-13(8-6-12)22-9-10-26-19(22)25/h1-8,11H,9-10H2,(H,20,24)(H,21,23). The summed E-state index contributed by atoms with van der Waals surface area (Å²) in [6.07, 6.45) is -0.378. The van der Waals surface area contributed by atoms with Crippen LogP contribution >= 0.6 is 0 Å². The monoisotopic (exact) mass is 349 g/mol. The molecular weight excluding hydrogens is 334 g/mol. The lowest BCUT2D eigenvalue weighted by molar-refractivity contribution is 0.102. The van der Waals surface area contributed by atoms with E-state index in [9.17, 15) is 14.4 Å². The Balaban J connectivity index is 1.59. The van der Waals surface area contributed by atoms with Crippen molar-refractivity contribution < 1.29 is 14.3 Å². The molecule has 1 saturated heterocycles. The Morgan fingerprint density at radius 2 is 1.85 bits per heavy atom. The summed E-state index contributed by atoms with van der Waals surface area (Å²) in [7, 11) is 0. The number of para-hydroxylation sites is 1. The fourth-order valence-electron chi connectivity index (χ4n) is 2.94. The van der Waals surface area contributed by atoms with Crippen LogP contribution in [0.25, 0.3) is 10.9 Å². The summed E-state index contributed by atoms with van der Waals surface area (Å²) >= 11 is 0. The molecule has 0 aliphatic carbocycles. The van der Waals surface area contributed by atoms with Crippen LogP contribution in [0.4, 0.5) is 16.2 Å². The molecule has 0 atom stereocenters. The zero-order valence-corrected chi connectivity index (χ0v) is 13.7. The number of nitrogens with zero attached hydrogens (tertiary/aromatic N) is 1. The molecule has 1 fully saturated rings. The first-order valence-electron chi connectivity index (χ1n) is 8.09. The van der Waals surface area contributed by atoms with E-state index >= 15 is 0 Å². The minimum Gasteiger partial charge on any atom is -0.447 e. The molecule has 0 saturated carbocycles. The Labute approximate surface area is 148 Å². The lowest BCUT2D eigenvalue weighted by Gasteiger charge is -2.13. The number of anilines is 2. The fourth-order valence-corrected chi connectivity index (χ4v) is 2.94. The molecule has 1 aliphatic heterocycles. The van der Waals surface area contributed by atoms with Gasteiger partial charge in [0.25, 0.3) is 5.91 Å². The van der Waals surface area contributed by atoms with Crippen molar-refractivity contribution in [1.82, 2.24) is 4.98 Å². The van der Waals surface area contributed by atoms with E-state index in [1.807, 2.05) is 0 Å². The Morgan fingerprint density at radius 3 is 2.58 bits per heavy atom. The molecule has 0 spiro atoms. The van der Waals surface area contributed by atoms with Gasteiger partial charge in [-0.3, -0.25) is 14.5 Å². The minimum absolute atomic E-state index is 0.302. The van der Waals surface area contributed by atoms with Gasteiger partial charge < -0.3 is 15.0 Å². The number of nitrogens with one attached hydrogen (secondary N) is 2. The second-order valence-electron chi connectivity index (χ2n) is 5.86. The Bertz CT molecular complexity index is 1060. The number of ether oxygens (including phenoxy) is 1. The number of aromatic nitrogens is 1. The quantitative estimate of drug-likeness (QED) is 0.760. The zero-order chi connectivity index (χ0) is 18.1. The molecule has 2 amide bonds. The van der Waals surface area contributed by atoms with Crippen molar-refractivity contribution in [1.29, 1.82) is 0 Å². The first kappa shape index (κ1) is 15.9. The van der Waals surface area contributed by atoms with Crippen molar-refractivity contribution in [2.45, 2.75) is 0 Å². The van der Waals surface area contributed by atoms with Crippen LogP contribution in [0.5, 0.6) is 0 Å². The summed E-state index contributed by atoms with van der Waals surface area (Å²) in [5, 5.41) is 3.45. The number of H-pyrrole nitrogens is 1. The first-order chi connectivity index (χ1) is 12.6. The van der Waals surface area contributed by atoms with E-state index in [-0.39, 0.29) is 17.6 Å². The second kappa shape index (κ2) is 6.36. The molecule has 7 heteroatoms. The molecule has 7 nitrogen and oxygen atoms in total. The van der Waals surface area contributed by atoms with Crippen LogP contribution in [0.3, 0.4) is 0 Å². The number of pyridine rings is 1. The smallest absolute Gasteiger partial charge is 0.414 e. The highest BCUT2D eigenvalue weighted by atomic mass is 16.6. The Hall–Kier alpha value is -3.61. The first-order valence-corrected chi connectivity index (χ1v) is 8.09. The Kier molecular flexibility index (Phi) is 3.89. The van der Waals surface area contributed by atoms with Gasteiger partial charge in [0, 0.05) is 28.3 Å². The summed E-state index contributed by atoms with van der Waals surface area (Å²) in [6, 6.07) is 15.3. The average Bonchev–Trinajstić information content (AvgIpc) is 3.07. The summed E-state index contributed by atoms with van der Waals surface area (Å²) in [5.74, 6) is -0.374. The fraction of sp³-hybridized carbons (Fsp3) is 0.105. The molecular formula is C19H15N3O4. The molecule has 0 unspecified atom stereocenters. The summed E-state index contributed by atoms with van der Waals surface area (Å²) < 4.78 is 4.91. The largest absolute Gasteiger partial charge is 0.447 e. The van der Waals surface area contributed by atoms with Crippen molar-refractivity contribution in [2.75, 3.05) is 23.4 Å². The van der Waals surface area contributed by atoms with Gasteiger partial charge in [-0.15, -0.1) is 0 Å². The van der Waals surface area contributed by atoms with E-state index < -0.39 is 0 Å². The molecule has 0 bridgehead atoms. The molecule has 1 aromatic heterocycles. The SMILES string of the molecule is O=C(Nc1ccc(N2CCOC2=O)cc1)c1cc(=O)[nH]c2ccccc12. The molecule has 1 aliphatic rings. The van der Waals surface area contributed by atoms with Crippen LogP contribution in [0, 0.1) is 0 Å². The van der Waals surface area contributed by atoms with E-state index in [1.165, 1.54) is 11.0 Å². The number of amides is 2. The molecule has 130 valence electrons. The maximum Gasteiger partial charge on any atom is 0.414 e. The second-order valence-corrected chi connectivity index (χ2v) is 5.86.